The lowest BCUT2D eigenvalue weighted by atomic mass is 9.86. The van der Waals surface area contributed by atoms with Gasteiger partial charge in [0.1, 0.15) is 17.7 Å². The van der Waals surface area contributed by atoms with E-state index >= 15 is 0 Å². The monoisotopic (exact) mass is 362 g/mol. The molecule has 25 heavy (non-hydrogen) atoms. The fraction of sp³-hybridized carbons (Fsp3) is 0.500. The molecule has 0 bridgehead atoms. The Morgan fingerprint density at radius 2 is 1.72 bits per heavy atom. The van der Waals surface area contributed by atoms with Crippen molar-refractivity contribution in [1.82, 2.24) is 0 Å². The highest BCUT2D eigenvalue weighted by Gasteiger charge is 2.25. The van der Waals surface area contributed by atoms with Crippen LogP contribution in [0, 0.1) is 17.6 Å². The van der Waals surface area contributed by atoms with Gasteiger partial charge in [0.15, 0.2) is 0 Å². The number of rotatable bonds is 4. The summed E-state index contributed by atoms with van der Waals surface area (Å²) in [5, 5.41) is 0. The zero-order valence-electron chi connectivity index (χ0n) is 13.7. The number of halogens is 5. The van der Waals surface area contributed by atoms with E-state index in [2.05, 4.69) is 6.92 Å². The molecule has 0 N–H and O–H groups in total. The van der Waals surface area contributed by atoms with Crippen LogP contribution in [0.5, 0.6) is 0 Å². The maximum absolute atomic E-state index is 13.9. The van der Waals surface area contributed by atoms with E-state index in [1.165, 1.54) is 0 Å². The molecule has 1 aliphatic carbocycles. The average Bonchev–Trinajstić information content (AvgIpc) is 2.53. The van der Waals surface area contributed by atoms with Crippen molar-refractivity contribution in [2.45, 2.75) is 51.3 Å². The van der Waals surface area contributed by atoms with Crippen molar-refractivity contribution >= 4 is 12.0 Å². The lowest BCUT2D eigenvalue weighted by molar-refractivity contribution is -0.0790. The Kier molecular flexibility index (Phi) is 6.19. The van der Waals surface area contributed by atoms with Gasteiger partial charge in [-0.1, -0.05) is 13.3 Å². The van der Waals surface area contributed by atoms with Crippen LogP contribution in [0.2, 0.25) is 0 Å². The Morgan fingerprint density at radius 1 is 1.16 bits per heavy atom. The Morgan fingerprint density at radius 3 is 2.20 bits per heavy atom. The first kappa shape index (κ1) is 19.4. The number of benzene rings is 1. The number of hydrogen-bond donors (Lipinski definition) is 0. The van der Waals surface area contributed by atoms with Gasteiger partial charge >= 0.3 is 12.1 Å². The van der Waals surface area contributed by atoms with Crippen molar-refractivity contribution in [1.29, 1.82) is 0 Å². The van der Waals surface area contributed by atoms with Crippen molar-refractivity contribution < 1.29 is 31.5 Å². The van der Waals surface area contributed by atoms with Crippen LogP contribution in [0.1, 0.15) is 54.9 Å². The lowest BCUT2D eigenvalue weighted by Gasteiger charge is -2.27. The predicted octanol–water partition coefficient (Wildman–Crippen LogP) is 5.67. The number of allylic oxidation sites excluding steroid dienone is 1. The van der Waals surface area contributed by atoms with Crippen LogP contribution in [-0.4, -0.2) is 18.2 Å². The Balaban J connectivity index is 2.07. The second-order valence-electron chi connectivity index (χ2n) is 6.18. The molecule has 138 valence electrons. The normalized spacial score (nSPS) is 21.5. The van der Waals surface area contributed by atoms with Crippen LogP contribution >= 0.6 is 0 Å². The van der Waals surface area contributed by atoms with Gasteiger partial charge in [-0.2, -0.15) is 13.2 Å². The van der Waals surface area contributed by atoms with Crippen LogP contribution in [0.25, 0.3) is 6.08 Å². The van der Waals surface area contributed by atoms with Crippen molar-refractivity contribution in [3.8, 4) is 0 Å². The summed E-state index contributed by atoms with van der Waals surface area (Å²) in [5.74, 6) is -2.77. The highest BCUT2D eigenvalue weighted by Crippen LogP contribution is 2.29. The summed E-state index contributed by atoms with van der Waals surface area (Å²) in [5.41, 5.74) is -1.20. The maximum atomic E-state index is 13.9. The molecule has 0 aliphatic heterocycles. The second-order valence-corrected chi connectivity index (χ2v) is 6.18. The molecule has 0 radical (unpaired) electrons. The third-order valence-corrected chi connectivity index (χ3v) is 4.40. The predicted molar refractivity (Wildman–Crippen MR) is 82.9 cm³/mol. The highest BCUT2D eigenvalue weighted by atomic mass is 19.4. The van der Waals surface area contributed by atoms with Gasteiger partial charge in [0.05, 0.1) is 5.56 Å². The number of carbonyl (C=O) groups is 1. The number of carbonyl (C=O) groups excluding carboxylic acids is 1. The SMILES string of the molecule is CCC1CCC(OC(=O)c2cc(F)c(C=CC(F)(F)F)c(F)c2)CC1. The molecule has 1 fully saturated rings. The van der Waals surface area contributed by atoms with E-state index in [0.717, 1.165) is 19.3 Å². The summed E-state index contributed by atoms with van der Waals surface area (Å²) in [7, 11) is 0. The van der Waals surface area contributed by atoms with Gasteiger partial charge in [0.25, 0.3) is 0 Å². The van der Waals surface area contributed by atoms with Gasteiger partial charge in [0, 0.05) is 11.6 Å². The van der Waals surface area contributed by atoms with E-state index in [1.807, 2.05) is 0 Å². The van der Waals surface area contributed by atoms with Gasteiger partial charge < -0.3 is 4.74 Å². The Labute approximate surface area is 142 Å². The first-order valence-corrected chi connectivity index (χ1v) is 8.15. The van der Waals surface area contributed by atoms with Crippen LogP contribution < -0.4 is 0 Å². The first-order chi connectivity index (χ1) is 11.7. The third kappa shape index (κ3) is 5.54. The van der Waals surface area contributed by atoms with E-state index in [0.29, 0.717) is 37.0 Å². The molecule has 0 spiro atoms. The van der Waals surface area contributed by atoms with Crippen molar-refractivity contribution in [3.63, 3.8) is 0 Å². The van der Waals surface area contributed by atoms with Gasteiger partial charge in [-0.15, -0.1) is 0 Å². The molecule has 0 saturated heterocycles. The average molecular weight is 362 g/mol. The van der Waals surface area contributed by atoms with Crippen LogP contribution in [0.15, 0.2) is 18.2 Å². The molecule has 7 heteroatoms. The smallest absolute Gasteiger partial charge is 0.409 e. The fourth-order valence-corrected chi connectivity index (χ4v) is 2.92. The standard InChI is InChI=1S/C18H19F5O2/c1-2-11-3-5-13(6-4-11)25-17(24)12-9-15(19)14(16(20)10-12)7-8-18(21,22)23/h7-11,13H,2-6H2,1H3. The summed E-state index contributed by atoms with van der Waals surface area (Å²) in [6.45, 7) is 2.09. The molecule has 1 aromatic rings. The van der Waals surface area contributed by atoms with Crippen LogP contribution in [0.4, 0.5) is 22.0 Å². The third-order valence-electron chi connectivity index (χ3n) is 4.40. The van der Waals surface area contributed by atoms with E-state index in [4.69, 9.17) is 4.74 Å². The molecule has 1 aromatic carbocycles. The van der Waals surface area contributed by atoms with Crippen molar-refractivity contribution in [3.05, 3.63) is 41.0 Å². The molecule has 0 unspecified atom stereocenters. The summed E-state index contributed by atoms with van der Waals surface area (Å²) >= 11 is 0. The Hall–Kier alpha value is -1.92. The zero-order chi connectivity index (χ0) is 18.6. The summed E-state index contributed by atoms with van der Waals surface area (Å²) in [6.07, 6.45) is -0.645. The zero-order valence-corrected chi connectivity index (χ0v) is 13.7. The van der Waals surface area contributed by atoms with Crippen molar-refractivity contribution in [2.75, 3.05) is 0 Å². The highest BCUT2D eigenvalue weighted by molar-refractivity contribution is 5.90. The fourth-order valence-electron chi connectivity index (χ4n) is 2.92. The summed E-state index contributed by atoms with van der Waals surface area (Å²) < 4.78 is 69.3. The van der Waals surface area contributed by atoms with Gasteiger partial charge in [0.2, 0.25) is 0 Å². The number of hydrogen-bond acceptors (Lipinski definition) is 2. The molecule has 2 rings (SSSR count). The number of esters is 1. The minimum absolute atomic E-state index is 0.265. The Bertz CT molecular complexity index is 620. The molecular weight excluding hydrogens is 343 g/mol. The van der Waals surface area contributed by atoms with Gasteiger partial charge in [-0.25, -0.2) is 13.6 Å². The largest absolute Gasteiger partial charge is 0.459 e. The number of alkyl halides is 3. The first-order valence-electron chi connectivity index (χ1n) is 8.15. The van der Waals surface area contributed by atoms with Crippen LogP contribution in [-0.2, 0) is 4.74 Å². The second kappa shape index (κ2) is 7.97. The van der Waals surface area contributed by atoms with E-state index < -0.39 is 29.3 Å². The minimum Gasteiger partial charge on any atom is -0.459 e. The molecule has 1 aliphatic rings. The summed E-state index contributed by atoms with van der Waals surface area (Å²) in [4.78, 5) is 12.0. The van der Waals surface area contributed by atoms with E-state index in [9.17, 15) is 26.7 Å². The molecule has 0 amide bonds. The topological polar surface area (TPSA) is 26.3 Å². The van der Waals surface area contributed by atoms with E-state index in [1.54, 1.807) is 0 Å². The quantitative estimate of drug-likeness (QED) is 0.510. The molecule has 0 heterocycles. The maximum Gasteiger partial charge on any atom is 0.409 e. The van der Waals surface area contributed by atoms with Crippen molar-refractivity contribution in [2.24, 2.45) is 5.92 Å². The lowest BCUT2D eigenvalue weighted by Crippen LogP contribution is -2.24. The summed E-state index contributed by atoms with van der Waals surface area (Å²) in [6, 6.07) is 1.39. The van der Waals surface area contributed by atoms with Gasteiger partial charge in [-0.05, 0) is 49.8 Å². The van der Waals surface area contributed by atoms with Crippen LogP contribution in [0.3, 0.4) is 0 Å². The minimum atomic E-state index is -4.69. The molecule has 0 atom stereocenters. The van der Waals surface area contributed by atoms with Gasteiger partial charge in [-0.3, -0.25) is 0 Å². The van der Waals surface area contributed by atoms with E-state index in [-0.39, 0.29) is 17.7 Å². The molecule has 2 nitrogen and oxygen atoms in total. The molecular formula is C18H19F5O2. The number of ether oxygens (including phenoxy) is 1. The molecule has 0 aromatic heterocycles. The molecule has 1 saturated carbocycles.